The van der Waals surface area contributed by atoms with Crippen LogP contribution in [0.3, 0.4) is 0 Å². The molecule has 2 aliphatic rings. The Morgan fingerprint density at radius 1 is 0.933 bits per heavy atom. The number of anilines is 2. The number of amides is 1. The molecule has 0 aliphatic carbocycles. The zero-order chi connectivity index (χ0) is 21.3. The van der Waals surface area contributed by atoms with E-state index in [1.165, 1.54) is 9.87 Å². The van der Waals surface area contributed by atoms with Gasteiger partial charge in [0, 0.05) is 49.0 Å². The predicted molar refractivity (Wildman–Crippen MR) is 121 cm³/mol. The molecule has 6 nitrogen and oxygen atoms in total. The first-order chi connectivity index (χ1) is 14.3. The van der Waals surface area contributed by atoms with E-state index in [1.54, 1.807) is 24.3 Å². The van der Waals surface area contributed by atoms with E-state index >= 15 is 0 Å². The maximum Gasteiger partial charge on any atom is 0.253 e. The van der Waals surface area contributed by atoms with Gasteiger partial charge in [-0.15, -0.1) is 0 Å². The highest BCUT2D eigenvalue weighted by molar-refractivity contribution is 7.92. The smallest absolute Gasteiger partial charge is 0.253 e. The van der Waals surface area contributed by atoms with Crippen LogP contribution in [0.25, 0.3) is 0 Å². The third-order valence-electron chi connectivity index (χ3n) is 5.83. The molecule has 0 aromatic heterocycles. The first-order valence-electron chi connectivity index (χ1n) is 10.3. The third kappa shape index (κ3) is 4.27. The van der Waals surface area contributed by atoms with Gasteiger partial charge in [-0.25, -0.2) is 8.42 Å². The Balaban J connectivity index is 1.41. The fourth-order valence-corrected chi connectivity index (χ4v) is 5.91. The molecule has 160 valence electrons. The molecule has 2 fully saturated rings. The zero-order valence-electron chi connectivity index (χ0n) is 17.1. The number of aryl methyl sites for hydroxylation is 1. The maximum absolute atomic E-state index is 12.9. The summed E-state index contributed by atoms with van der Waals surface area (Å²) in [6, 6.07) is 12.8. The first-order valence-corrected chi connectivity index (χ1v) is 12.2. The second-order valence-electron chi connectivity index (χ2n) is 7.85. The lowest BCUT2D eigenvalue weighted by molar-refractivity contribution is 0.0747. The molecule has 1 amide bonds. The minimum Gasteiger partial charge on any atom is -0.368 e. The van der Waals surface area contributed by atoms with E-state index < -0.39 is 10.0 Å². The van der Waals surface area contributed by atoms with E-state index in [0.717, 1.165) is 25.2 Å². The lowest BCUT2D eigenvalue weighted by atomic mass is 10.1. The molecule has 2 saturated heterocycles. The molecule has 2 heterocycles. The SMILES string of the molecule is Cc1ccc(Cl)cc1N1CCN(C(=O)c2ccc(N3CCCCS3(=O)=O)cc2)CC1. The van der Waals surface area contributed by atoms with E-state index in [0.29, 0.717) is 42.3 Å². The number of nitrogens with zero attached hydrogens (tertiary/aromatic N) is 3. The molecular weight excluding hydrogens is 422 g/mol. The van der Waals surface area contributed by atoms with Gasteiger partial charge in [-0.3, -0.25) is 9.10 Å². The van der Waals surface area contributed by atoms with Crippen LogP contribution in [0.4, 0.5) is 11.4 Å². The van der Waals surface area contributed by atoms with Crippen LogP contribution in [0.1, 0.15) is 28.8 Å². The molecule has 0 saturated carbocycles. The lowest BCUT2D eigenvalue weighted by Gasteiger charge is -2.37. The van der Waals surface area contributed by atoms with Gasteiger partial charge in [-0.2, -0.15) is 0 Å². The number of hydrogen-bond acceptors (Lipinski definition) is 4. The van der Waals surface area contributed by atoms with Crippen molar-refractivity contribution in [3.05, 3.63) is 58.6 Å². The summed E-state index contributed by atoms with van der Waals surface area (Å²) in [5, 5.41) is 0.713. The summed E-state index contributed by atoms with van der Waals surface area (Å²) in [7, 11) is -3.25. The highest BCUT2D eigenvalue weighted by Crippen LogP contribution is 2.27. The van der Waals surface area contributed by atoms with Crippen LogP contribution < -0.4 is 9.21 Å². The molecule has 0 N–H and O–H groups in total. The van der Waals surface area contributed by atoms with Gasteiger partial charge in [0.05, 0.1) is 11.4 Å². The van der Waals surface area contributed by atoms with E-state index in [2.05, 4.69) is 11.8 Å². The molecule has 0 unspecified atom stereocenters. The standard InChI is InChI=1S/C22H26ClN3O3S/c1-17-4-7-19(23)16-21(17)24-11-13-25(14-12-24)22(27)18-5-8-20(9-6-18)26-10-2-3-15-30(26,28)29/h4-9,16H,2-3,10-15H2,1H3. The fourth-order valence-electron chi connectivity index (χ4n) is 4.11. The molecular formula is C22H26ClN3O3S. The second-order valence-corrected chi connectivity index (χ2v) is 10.3. The van der Waals surface area contributed by atoms with Gasteiger partial charge in [-0.05, 0) is 61.7 Å². The van der Waals surface area contributed by atoms with Crippen molar-refractivity contribution in [2.75, 3.05) is 47.7 Å². The predicted octanol–water partition coefficient (Wildman–Crippen LogP) is 3.54. The van der Waals surface area contributed by atoms with Gasteiger partial charge in [0.15, 0.2) is 0 Å². The van der Waals surface area contributed by atoms with E-state index in [1.807, 2.05) is 23.1 Å². The van der Waals surface area contributed by atoms with Crippen molar-refractivity contribution in [3.8, 4) is 0 Å². The summed E-state index contributed by atoms with van der Waals surface area (Å²) in [6.45, 7) is 5.32. The van der Waals surface area contributed by atoms with Gasteiger partial charge in [0.2, 0.25) is 10.0 Å². The number of carbonyl (C=O) groups excluding carboxylic acids is 1. The van der Waals surface area contributed by atoms with Gasteiger partial charge in [-0.1, -0.05) is 17.7 Å². The minimum absolute atomic E-state index is 0.0227. The number of benzene rings is 2. The third-order valence-corrected chi connectivity index (χ3v) is 7.93. The molecule has 4 rings (SSSR count). The zero-order valence-corrected chi connectivity index (χ0v) is 18.6. The van der Waals surface area contributed by atoms with Crippen LogP contribution in [0.5, 0.6) is 0 Å². The number of piperazine rings is 1. The first kappa shape index (κ1) is 21.0. The second kappa shape index (κ2) is 8.47. The topological polar surface area (TPSA) is 60.9 Å². The highest BCUT2D eigenvalue weighted by atomic mass is 35.5. The van der Waals surface area contributed by atoms with Crippen molar-refractivity contribution >= 4 is 38.9 Å². The summed E-state index contributed by atoms with van der Waals surface area (Å²) in [6.07, 6.45) is 1.56. The van der Waals surface area contributed by atoms with Crippen LogP contribution >= 0.6 is 11.6 Å². The van der Waals surface area contributed by atoms with Crippen LogP contribution in [-0.2, 0) is 10.0 Å². The number of sulfonamides is 1. The lowest BCUT2D eigenvalue weighted by Crippen LogP contribution is -2.49. The monoisotopic (exact) mass is 447 g/mol. The molecule has 2 aliphatic heterocycles. The Bertz CT molecular complexity index is 1030. The van der Waals surface area contributed by atoms with Crippen molar-refractivity contribution in [2.24, 2.45) is 0 Å². The maximum atomic E-state index is 12.9. The molecule has 0 atom stereocenters. The average molecular weight is 448 g/mol. The van der Waals surface area contributed by atoms with Crippen LogP contribution in [-0.4, -0.2) is 57.7 Å². The molecule has 2 aromatic rings. The Morgan fingerprint density at radius 2 is 1.63 bits per heavy atom. The Morgan fingerprint density at radius 3 is 2.30 bits per heavy atom. The number of hydrogen-bond donors (Lipinski definition) is 0. The fraction of sp³-hybridized carbons (Fsp3) is 0.409. The van der Waals surface area contributed by atoms with Crippen molar-refractivity contribution in [1.29, 1.82) is 0 Å². The van der Waals surface area contributed by atoms with Crippen LogP contribution in [0, 0.1) is 6.92 Å². The van der Waals surface area contributed by atoms with Gasteiger partial charge < -0.3 is 9.80 Å². The van der Waals surface area contributed by atoms with Crippen molar-refractivity contribution < 1.29 is 13.2 Å². The van der Waals surface area contributed by atoms with Crippen molar-refractivity contribution in [3.63, 3.8) is 0 Å². The number of halogens is 1. The van der Waals surface area contributed by atoms with Gasteiger partial charge in [0.25, 0.3) is 5.91 Å². The van der Waals surface area contributed by atoms with E-state index in [-0.39, 0.29) is 11.7 Å². The van der Waals surface area contributed by atoms with E-state index in [9.17, 15) is 13.2 Å². The van der Waals surface area contributed by atoms with Gasteiger partial charge in [0.1, 0.15) is 0 Å². The molecule has 30 heavy (non-hydrogen) atoms. The van der Waals surface area contributed by atoms with Crippen molar-refractivity contribution in [2.45, 2.75) is 19.8 Å². The van der Waals surface area contributed by atoms with E-state index in [4.69, 9.17) is 11.6 Å². The largest absolute Gasteiger partial charge is 0.368 e. The summed E-state index contributed by atoms with van der Waals surface area (Å²) >= 11 is 6.15. The molecule has 0 bridgehead atoms. The molecule has 8 heteroatoms. The van der Waals surface area contributed by atoms with Gasteiger partial charge >= 0.3 is 0 Å². The summed E-state index contributed by atoms with van der Waals surface area (Å²) in [4.78, 5) is 17.0. The Hall–Kier alpha value is -2.25. The Kier molecular flexibility index (Phi) is 5.93. The summed E-state index contributed by atoms with van der Waals surface area (Å²) in [5.74, 6) is 0.162. The van der Waals surface area contributed by atoms with Crippen LogP contribution in [0.2, 0.25) is 5.02 Å². The van der Waals surface area contributed by atoms with Crippen molar-refractivity contribution in [1.82, 2.24) is 4.90 Å². The molecule has 0 spiro atoms. The summed E-state index contributed by atoms with van der Waals surface area (Å²) in [5.41, 5.74) is 3.50. The normalized spacial score (nSPS) is 19.1. The molecule has 0 radical (unpaired) electrons. The molecule has 2 aromatic carbocycles. The summed E-state index contributed by atoms with van der Waals surface area (Å²) < 4.78 is 26.0. The number of carbonyl (C=O) groups is 1. The average Bonchev–Trinajstić information content (AvgIpc) is 2.75. The highest BCUT2D eigenvalue weighted by Gasteiger charge is 2.27. The number of rotatable bonds is 3. The van der Waals surface area contributed by atoms with Crippen LogP contribution in [0.15, 0.2) is 42.5 Å². The minimum atomic E-state index is -3.25. The Labute approximate surface area is 183 Å². The quantitative estimate of drug-likeness (QED) is 0.722.